The van der Waals surface area contributed by atoms with E-state index >= 15 is 0 Å². The summed E-state index contributed by atoms with van der Waals surface area (Å²) in [5.74, 6) is 1.37. The van der Waals surface area contributed by atoms with Crippen LogP contribution in [0.3, 0.4) is 0 Å². The van der Waals surface area contributed by atoms with Crippen LogP contribution in [0.4, 0.5) is 10.5 Å². The second-order valence-corrected chi connectivity index (χ2v) is 9.02. The third-order valence-electron chi connectivity index (χ3n) is 6.96. The summed E-state index contributed by atoms with van der Waals surface area (Å²) in [7, 11) is 0. The number of likely N-dealkylation sites (tertiary alicyclic amines) is 1. The third kappa shape index (κ3) is 4.85. The normalized spacial score (nSPS) is 19.8. The molecule has 2 aromatic rings. The van der Waals surface area contributed by atoms with E-state index in [9.17, 15) is 4.79 Å². The lowest BCUT2D eigenvalue weighted by Crippen LogP contribution is -2.41. The van der Waals surface area contributed by atoms with Gasteiger partial charge in [0.15, 0.2) is 0 Å². The Bertz CT molecular complexity index is 904. The molecule has 1 aromatic heterocycles. The standard InChI is InChI=1S/C25H32N4O2/c30-25(29-13-2-1-3-14-29)27-21-8-10-24(26-18-21)31-23-9-7-19-11-15-28(22-5-4-6-22)16-12-20(19)17-23/h7-10,17-18,22H,1-6,11-16H2,(H,27,30). The molecule has 5 rings (SSSR count). The Morgan fingerprint density at radius 2 is 1.74 bits per heavy atom. The van der Waals surface area contributed by atoms with Crippen LogP contribution in [0.1, 0.15) is 49.7 Å². The molecule has 1 aromatic carbocycles. The van der Waals surface area contributed by atoms with Crippen LogP contribution >= 0.6 is 0 Å². The van der Waals surface area contributed by atoms with Crippen molar-refractivity contribution in [2.75, 3.05) is 31.5 Å². The Labute approximate surface area is 184 Å². The van der Waals surface area contributed by atoms with Gasteiger partial charge in [0.1, 0.15) is 5.75 Å². The molecule has 0 spiro atoms. The smallest absolute Gasteiger partial charge is 0.321 e. The Morgan fingerprint density at radius 1 is 0.935 bits per heavy atom. The fourth-order valence-electron chi connectivity index (χ4n) is 4.83. The quantitative estimate of drug-likeness (QED) is 0.769. The fraction of sp³-hybridized carbons (Fsp3) is 0.520. The second kappa shape index (κ2) is 9.27. The lowest BCUT2D eigenvalue weighted by atomic mass is 9.91. The molecule has 31 heavy (non-hydrogen) atoms. The topological polar surface area (TPSA) is 57.7 Å². The zero-order valence-corrected chi connectivity index (χ0v) is 18.2. The van der Waals surface area contributed by atoms with Crippen LogP contribution in [0, 0.1) is 0 Å². The summed E-state index contributed by atoms with van der Waals surface area (Å²) in [5, 5.41) is 2.94. The van der Waals surface area contributed by atoms with Gasteiger partial charge in [-0.05, 0) is 74.3 Å². The molecule has 2 fully saturated rings. The largest absolute Gasteiger partial charge is 0.439 e. The van der Waals surface area contributed by atoms with E-state index in [2.05, 4.69) is 27.3 Å². The molecule has 0 unspecified atom stereocenters. The van der Waals surface area contributed by atoms with Gasteiger partial charge in [-0.2, -0.15) is 0 Å². The monoisotopic (exact) mass is 420 g/mol. The number of aromatic nitrogens is 1. The second-order valence-electron chi connectivity index (χ2n) is 9.02. The number of nitrogens with one attached hydrogen (secondary N) is 1. The molecule has 0 radical (unpaired) electrons. The number of anilines is 1. The van der Waals surface area contributed by atoms with Crippen LogP contribution in [0.25, 0.3) is 0 Å². The molecular weight excluding hydrogens is 388 g/mol. The predicted molar refractivity (Wildman–Crippen MR) is 122 cm³/mol. The van der Waals surface area contributed by atoms with E-state index in [4.69, 9.17) is 4.74 Å². The molecule has 1 N–H and O–H groups in total. The highest BCUT2D eigenvalue weighted by atomic mass is 16.5. The summed E-state index contributed by atoms with van der Waals surface area (Å²) in [6.07, 6.45) is 11.4. The van der Waals surface area contributed by atoms with E-state index in [1.807, 2.05) is 23.1 Å². The molecule has 1 saturated heterocycles. The maximum Gasteiger partial charge on any atom is 0.321 e. The van der Waals surface area contributed by atoms with E-state index in [-0.39, 0.29) is 6.03 Å². The number of nitrogens with zero attached hydrogens (tertiary/aromatic N) is 3. The number of fused-ring (bicyclic) bond motifs is 1. The van der Waals surface area contributed by atoms with Crippen molar-refractivity contribution in [3.05, 3.63) is 47.7 Å². The van der Waals surface area contributed by atoms with Crippen LogP contribution in [-0.4, -0.2) is 53.0 Å². The van der Waals surface area contributed by atoms with Crippen LogP contribution in [0.15, 0.2) is 36.5 Å². The summed E-state index contributed by atoms with van der Waals surface area (Å²) < 4.78 is 6.02. The first-order valence-corrected chi connectivity index (χ1v) is 11.8. The average Bonchev–Trinajstić information content (AvgIpc) is 2.97. The van der Waals surface area contributed by atoms with Gasteiger partial charge in [-0.1, -0.05) is 12.5 Å². The molecular formula is C25H32N4O2. The summed E-state index contributed by atoms with van der Waals surface area (Å²) in [4.78, 5) is 21.3. The van der Waals surface area contributed by atoms with Crippen LogP contribution in [0.2, 0.25) is 0 Å². The first-order valence-electron chi connectivity index (χ1n) is 11.8. The molecule has 1 aliphatic carbocycles. The van der Waals surface area contributed by atoms with Gasteiger partial charge in [0, 0.05) is 38.3 Å². The summed E-state index contributed by atoms with van der Waals surface area (Å²) in [6.45, 7) is 3.98. The van der Waals surface area contributed by atoms with E-state index < -0.39 is 0 Å². The molecule has 3 aliphatic rings. The number of pyridine rings is 1. The molecule has 3 heterocycles. The van der Waals surface area contributed by atoms with Gasteiger partial charge in [0.25, 0.3) is 0 Å². The van der Waals surface area contributed by atoms with Crippen molar-refractivity contribution in [2.45, 2.75) is 57.4 Å². The van der Waals surface area contributed by atoms with Gasteiger partial charge in [-0.3, -0.25) is 4.90 Å². The zero-order valence-electron chi connectivity index (χ0n) is 18.2. The molecule has 0 bridgehead atoms. The molecule has 1 saturated carbocycles. The highest BCUT2D eigenvalue weighted by Gasteiger charge is 2.26. The third-order valence-corrected chi connectivity index (χ3v) is 6.96. The Kier molecular flexibility index (Phi) is 6.07. The van der Waals surface area contributed by atoms with Crippen LogP contribution in [-0.2, 0) is 12.8 Å². The molecule has 6 nitrogen and oxygen atoms in total. The number of benzene rings is 1. The lowest BCUT2D eigenvalue weighted by molar-refractivity contribution is 0.133. The number of carbonyl (C=O) groups excluding carboxylic acids is 1. The highest BCUT2D eigenvalue weighted by molar-refractivity contribution is 5.89. The minimum absolute atomic E-state index is 0.0446. The summed E-state index contributed by atoms with van der Waals surface area (Å²) in [6, 6.07) is 10.9. The van der Waals surface area contributed by atoms with Crippen molar-refractivity contribution in [3.63, 3.8) is 0 Å². The Morgan fingerprint density at radius 3 is 2.45 bits per heavy atom. The number of hydrogen-bond acceptors (Lipinski definition) is 4. The van der Waals surface area contributed by atoms with Crippen molar-refractivity contribution < 1.29 is 9.53 Å². The molecule has 6 heteroatoms. The van der Waals surface area contributed by atoms with E-state index in [1.165, 1.54) is 43.4 Å². The maximum absolute atomic E-state index is 12.3. The van der Waals surface area contributed by atoms with E-state index in [1.54, 1.807) is 6.20 Å². The van der Waals surface area contributed by atoms with Crippen molar-refractivity contribution in [1.29, 1.82) is 0 Å². The number of ether oxygens (including phenoxy) is 1. The first-order chi connectivity index (χ1) is 15.2. The maximum atomic E-state index is 12.3. The van der Waals surface area contributed by atoms with E-state index in [0.29, 0.717) is 11.6 Å². The SMILES string of the molecule is O=C(Nc1ccc(Oc2ccc3c(c2)CCN(C2CCC2)CC3)nc1)N1CCCCC1. The van der Waals surface area contributed by atoms with Crippen molar-refractivity contribution >= 4 is 11.7 Å². The fourth-order valence-corrected chi connectivity index (χ4v) is 4.83. The Hall–Kier alpha value is -2.60. The van der Waals surface area contributed by atoms with Crippen molar-refractivity contribution in [1.82, 2.24) is 14.8 Å². The number of piperidine rings is 1. The average molecular weight is 421 g/mol. The summed E-state index contributed by atoms with van der Waals surface area (Å²) >= 11 is 0. The van der Waals surface area contributed by atoms with Gasteiger partial charge in [-0.25, -0.2) is 9.78 Å². The zero-order chi connectivity index (χ0) is 21.0. The van der Waals surface area contributed by atoms with Crippen LogP contribution < -0.4 is 10.1 Å². The van der Waals surface area contributed by atoms with E-state index in [0.717, 1.165) is 57.1 Å². The molecule has 2 amide bonds. The minimum atomic E-state index is -0.0446. The Balaban J connectivity index is 1.18. The summed E-state index contributed by atoms with van der Waals surface area (Å²) in [5.41, 5.74) is 3.53. The highest BCUT2D eigenvalue weighted by Crippen LogP contribution is 2.29. The van der Waals surface area contributed by atoms with Crippen LogP contribution in [0.5, 0.6) is 11.6 Å². The minimum Gasteiger partial charge on any atom is -0.439 e. The number of hydrogen-bond donors (Lipinski definition) is 1. The van der Waals surface area contributed by atoms with Gasteiger partial charge >= 0.3 is 6.03 Å². The number of amides is 2. The number of urea groups is 1. The van der Waals surface area contributed by atoms with Gasteiger partial charge in [0.05, 0.1) is 11.9 Å². The molecule has 2 aliphatic heterocycles. The lowest BCUT2D eigenvalue weighted by Gasteiger charge is -2.36. The van der Waals surface area contributed by atoms with Gasteiger partial charge in [0.2, 0.25) is 5.88 Å². The molecule has 164 valence electrons. The van der Waals surface area contributed by atoms with Crippen molar-refractivity contribution in [3.8, 4) is 11.6 Å². The first kappa shape index (κ1) is 20.3. The van der Waals surface area contributed by atoms with Crippen molar-refractivity contribution in [2.24, 2.45) is 0 Å². The van der Waals surface area contributed by atoms with Gasteiger partial charge in [-0.15, -0.1) is 0 Å². The number of carbonyl (C=O) groups is 1. The predicted octanol–water partition coefficient (Wildman–Crippen LogP) is 4.84. The molecule has 0 atom stereocenters. The van der Waals surface area contributed by atoms with Gasteiger partial charge < -0.3 is 15.0 Å². The number of rotatable bonds is 4.